The van der Waals surface area contributed by atoms with E-state index in [2.05, 4.69) is 244 Å². The van der Waals surface area contributed by atoms with Crippen LogP contribution in [0.3, 0.4) is 0 Å². The van der Waals surface area contributed by atoms with Gasteiger partial charge in [-0.15, -0.1) is 11.3 Å². The van der Waals surface area contributed by atoms with Crippen molar-refractivity contribution in [3.05, 3.63) is 205 Å². The van der Waals surface area contributed by atoms with Gasteiger partial charge in [0.1, 0.15) is 5.58 Å². The van der Waals surface area contributed by atoms with Crippen molar-refractivity contribution in [2.45, 2.75) is 52.4 Å². The van der Waals surface area contributed by atoms with Gasteiger partial charge in [0.25, 0.3) is 6.71 Å². The number of nitrogens with zero attached hydrogens (tertiary/aromatic N) is 3. The number of anilines is 9. The smallest absolute Gasteiger partial charge is 0.252 e. The number of para-hydroxylation sites is 3. The lowest BCUT2D eigenvalue weighted by Crippen LogP contribution is -2.61. The quantitative estimate of drug-likeness (QED) is 0.161. The van der Waals surface area contributed by atoms with E-state index in [0.29, 0.717) is 0 Å². The summed E-state index contributed by atoms with van der Waals surface area (Å²) in [5.74, 6) is 0. The summed E-state index contributed by atoms with van der Waals surface area (Å²) < 4.78 is 9.38. The second kappa shape index (κ2) is 15.0. The Balaban J connectivity index is 1.09. The number of thiophene rings is 1. The average molecular weight is 896 g/mol. The van der Waals surface area contributed by atoms with Crippen LogP contribution in [-0.2, 0) is 10.8 Å². The Morgan fingerprint density at radius 1 is 0.441 bits per heavy atom. The monoisotopic (exact) mass is 895 g/mol. The number of hydrogen-bond acceptors (Lipinski definition) is 5. The molecule has 328 valence electrons. The summed E-state index contributed by atoms with van der Waals surface area (Å²) in [6, 6.07) is 72.1. The molecule has 6 heteroatoms. The molecule has 0 bridgehead atoms. The molecule has 0 amide bonds. The Morgan fingerprint density at radius 3 is 1.71 bits per heavy atom. The molecule has 0 saturated heterocycles. The second-order valence-electron chi connectivity index (χ2n) is 20.6. The van der Waals surface area contributed by atoms with Crippen molar-refractivity contribution >= 4 is 128 Å². The molecule has 0 saturated carbocycles. The van der Waals surface area contributed by atoms with Crippen LogP contribution in [-0.4, -0.2) is 6.71 Å². The molecular formula is C62H50BN3OS. The van der Waals surface area contributed by atoms with Crippen molar-refractivity contribution in [1.82, 2.24) is 0 Å². The molecular weight excluding hydrogens is 846 g/mol. The van der Waals surface area contributed by atoms with Crippen molar-refractivity contribution in [2.24, 2.45) is 0 Å². The minimum Gasteiger partial charge on any atom is -0.454 e. The minimum atomic E-state index is -0.0333. The van der Waals surface area contributed by atoms with E-state index in [9.17, 15) is 0 Å². The molecule has 9 aromatic carbocycles. The zero-order valence-electron chi connectivity index (χ0n) is 39.2. The van der Waals surface area contributed by atoms with Crippen LogP contribution in [0.1, 0.15) is 52.7 Å². The maximum absolute atomic E-state index is 6.76. The topological polar surface area (TPSA) is 22.9 Å². The molecule has 13 rings (SSSR count). The van der Waals surface area contributed by atoms with Crippen molar-refractivity contribution in [1.29, 1.82) is 0 Å². The standard InChI is InChI=1S/C62H50BN3OS/c1-61(2,3)39-26-30-42(31-27-39)65-51-21-15-22-52-59(51)63(50-38-58-48(46-19-11-13-25-57(46)68-58)37-55(50)66(52)43-32-28-40(29-33-43)62(4,5)6)49-35-34-44(36-54(49)65)64(41-16-8-7-9-17-41)53-23-14-20-47-45-18-10-12-24-56(45)67-60(47)53/h7-38H,1-6H3. The molecule has 0 atom stereocenters. The molecule has 0 spiro atoms. The first-order valence-electron chi connectivity index (χ1n) is 23.8. The van der Waals surface area contributed by atoms with Gasteiger partial charge in [0.05, 0.1) is 5.69 Å². The lowest BCUT2D eigenvalue weighted by Gasteiger charge is -2.44. The highest BCUT2D eigenvalue weighted by Crippen LogP contribution is 2.49. The summed E-state index contributed by atoms with van der Waals surface area (Å²) in [4.78, 5) is 7.43. The van der Waals surface area contributed by atoms with Gasteiger partial charge in [-0.2, -0.15) is 0 Å². The molecule has 0 aliphatic carbocycles. The summed E-state index contributed by atoms with van der Waals surface area (Å²) in [6.45, 7) is 13.7. The van der Waals surface area contributed by atoms with Gasteiger partial charge in [0, 0.05) is 76.4 Å². The number of hydrogen-bond donors (Lipinski definition) is 0. The first kappa shape index (κ1) is 40.7. The maximum Gasteiger partial charge on any atom is 0.252 e. The van der Waals surface area contributed by atoms with Gasteiger partial charge in [-0.25, -0.2) is 0 Å². The van der Waals surface area contributed by atoms with Crippen LogP contribution in [0.25, 0.3) is 42.1 Å². The molecule has 11 aromatic rings. The van der Waals surface area contributed by atoms with Gasteiger partial charge in [-0.3, -0.25) is 0 Å². The largest absolute Gasteiger partial charge is 0.454 e. The number of rotatable bonds is 5. The molecule has 4 nitrogen and oxygen atoms in total. The third-order valence-corrected chi connectivity index (χ3v) is 15.5. The Kier molecular flexibility index (Phi) is 8.97. The van der Waals surface area contributed by atoms with Gasteiger partial charge in [0.15, 0.2) is 5.58 Å². The molecule has 2 aromatic heterocycles. The van der Waals surface area contributed by atoms with Crippen LogP contribution in [0.2, 0.25) is 0 Å². The van der Waals surface area contributed by atoms with Gasteiger partial charge >= 0.3 is 0 Å². The highest BCUT2D eigenvalue weighted by Gasteiger charge is 2.44. The van der Waals surface area contributed by atoms with E-state index < -0.39 is 0 Å². The summed E-state index contributed by atoms with van der Waals surface area (Å²) in [6.07, 6.45) is 0. The fourth-order valence-electron chi connectivity index (χ4n) is 11.0. The Bertz CT molecular complexity index is 3780. The first-order chi connectivity index (χ1) is 33.0. The van der Waals surface area contributed by atoms with E-state index >= 15 is 0 Å². The van der Waals surface area contributed by atoms with Gasteiger partial charge in [0.2, 0.25) is 0 Å². The van der Waals surface area contributed by atoms with Crippen LogP contribution in [0.5, 0.6) is 0 Å². The summed E-state index contributed by atoms with van der Waals surface area (Å²) in [5, 5.41) is 4.81. The molecule has 0 N–H and O–H groups in total. The highest BCUT2D eigenvalue weighted by molar-refractivity contribution is 7.26. The van der Waals surface area contributed by atoms with E-state index in [0.717, 1.165) is 56.1 Å². The zero-order valence-corrected chi connectivity index (χ0v) is 40.0. The number of benzene rings is 9. The van der Waals surface area contributed by atoms with E-state index in [-0.39, 0.29) is 17.5 Å². The van der Waals surface area contributed by atoms with Crippen molar-refractivity contribution in [3.8, 4) is 0 Å². The van der Waals surface area contributed by atoms with E-state index in [1.165, 1.54) is 64.7 Å². The Labute approximate surface area is 402 Å². The molecule has 0 unspecified atom stereocenters. The van der Waals surface area contributed by atoms with Crippen LogP contribution < -0.4 is 31.1 Å². The summed E-state index contributed by atoms with van der Waals surface area (Å²) in [5.41, 5.74) is 18.5. The second-order valence-corrected chi connectivity index (χ2v) is 21.7. The van der Waals surface area contributed by atoms with Crippen LogP contribution in [0.15, 0.2) is 199 Å². The fourth-order valence-corrected chi connectivity index (χ4v) is 12.1. The molecule has 0 radical (unpaired) electrons. The first-order valence-corrected chi connectivity index (χ1v) is 24.6. The predicted molar refractivity (Wildman–Crippen MR) is 293 cm³/mol. The SMILES string of the molecule is CC(C)(C)c1ccc(N2c3cc(N(c4ccccc4)c4cccc5c4oc4ccccc45)ccc3B3c4cc5sc6ccccc6c5cc4N(c4ccc(C(C)(C)C)cc4)c4cccc2c43)cc1. The molecule has 2 aliphatic heterocycles. The average Bonchev–Trinajstić information content (AvgIpc) is 3.92. The third-order valence-electron chi connectivity index (χ3n) is 14.4. The lowest BCUT2D eigenvalue weighted by atomic mass is 9.33. The predicted octanol–water partition coefficient (Wildman–Crippen LogP) is 16.1. The van der Waals surface area contributed by atoms with Crippen LogP contribution in [0.4, 0.5) is 51.2 Å². The summed E-state index contributed by atoms with van der Waals surface area (Å²) in [7, 11) is 0. The van der Waals surface area contributed by atoms with Gasteiger partial charge in [-0.05, 0) is 129 Å². The Hall–Kier alpha value is -7.54. The summed E-state index contributed by atoms with van der Waals surface area (Å²) >= 11 is 1.89. The third kappa shape index (κ3) is 6.27. The van der Waals surface area contributed by atoms with E-state index in [1.54, 1.807) is 0 Å². The zero-order chi connectivity index (χ0) is 46.1. The van der Waals surface area contributed by atoms with Gasteiger partial charge in [-0.1, -0.05) is 145 Å². The minimum absolute atomic E-state index is 0.0149. The maximum atomic E-state index is 6.76. The molecule has 68 heavy (non-hydrogen) atoms. The van der Waals surface area contributed by atoms with Crippen LogP contribution >= 0.6 is 11.3 Å². The van der Waals surface area contributed by atoms with E-state index in [1.807, 2.05) is 17.4 Å². The fraction of sp³-hybridized carbons (Fsp3) is 0.129. The normalized spacial score (nSPS) is 13.4. The highest BCUT2D eigenvalue weighted by atomic mass is 32.1. The van der Waals surface area contributed by atoms with Gasteiger partial charge < -0.3 is 19.1 Å². The molecule has 0 fully saturated rings. The molecule has 4 heterocycles. The number of furan rings is 1. The van der Waals surface area contributed by atoms with Crippen molar-refractivity contribution < 1.29 is 4.42 Å². The van der Waals surface area contributed by atoms with Crippen molar-refractivity contribution in [3.63, 3.8) is 0 Å². The molecule has 2 aliphatic rings. The Morgan fingerprint density at radius 2 is 1.03 bits per heavy atom. The van der Waals surface area contributed by atoms with Crippen molar-refractivity contribution in [2.75, 3.05) is 14.7 Å². The number of fused-ring (bicyclic) bond motifs is 10. The van der Waals surface area contributed by atoms with Crippen LogP contribution in [0, 0.1) is 0 Å². The van der Waals surface area contributed by atoms with E-state index in [4.69, 9.17) is 4.42 Å². The lowest BCUT2D eigenvalue weighted by molar-refractivity contribution is 0.590.